The molecule has 182 valence electrons. The number of amides is 3. The van der Waals surface area contributed by atoms with Crippen LogP contribution in [-0.2, 0) is 9.53 Å². The zero-order valence-corrected chi connectivity index (χ0v) is 20.4. The Bertz CT molecular complexity index is 1040. The first-order chi connectivity index (χ1) is 16.1. The van der Waals surface area contributed by atoms with E-state index in [4.69, 9.17) is 21.1 Å². The van der Waals surface area contributed by atoms with Gasteiger partial charge in [0.1, 0.15) is 17.2 Å². The molecule has 1 aromatic carbocycles. The molecule has 1 aliphatic heterocycles. The predicted molar refractivity (Wildman–Crippen MR) is 129 cm³/mol. The van der Waals surface area contributed by atoms with Gasteiger partial charge in [0.15, 0.2) is 0 Å². The third kappa shape index (κ3) is 6.60. The minimum absolute atomic E-state index is 0.232. The number of rotatable bonds is 5. The molecule has 1 aliphatic rings. The summed E-state index contributed by atoms with van der Waals surface area (Å²) in [4.78, 5) is 43.9. The molecule has 2 N–H and O–H groups in total. The molecule has 34 heavy (non-hydrogen) atoms. The number of carbonyl (C=O) groups excluding carboxylic acids is 3. The lowest BCUT2D eigenvalue weighted by molar-refractivity contribution is -0.121. The minimum Gasteiger partial charge on any atom is -0.495 e. The number of likely N-dealkylation sites (tertiary alicyclic amines) is 1. The monoisotopic (exact) mass is 488 g/mol. The fourth-order valence-electron chi connectivity index (χ4n) is 3.53. The number of para-hydroxylation sites is 1. The van der Waals surface area contributed by atoms with Crippen LogP contribution in [0.5, 0.6) is 5.75 Å². The van der Waals surface area contributed by atoms with Gasteiger partial charge in [-0.3, -0.25) is 9.59 Å². The van der Waals surface area contributed by atoms with Crippen LogP contribution in [0.1, 0.15) is 44.0 Å². The molecule has 10 heteroatoms. The van der Waals surface area contributed by atoms with E-state index in [0.29, 0.717) is 42.5 Å². The molecule has 1 saturated heterocycles. The number of halogens is 1. The van der Waals surface area contributed by atoms with Gasteiger partial charge in [-0.05, 0) is 57.9 Å². The molecule has 9 nitrogen and oxygen atoms in total. The Kier molecular flexibility index (Phi) is 7.98. The number of piperidine rings is 1. The predicted octanol–water partition coefficient (Wildman–Crippen LogP) is 4.58. The molecule has 1 fully saturated rings. The Labute approximate surface area is 203 Å². The summed E-state index contributed by atoms with van der Waals surface area (Å²) >= 11 is 5.85. The van der Waals surface area contributed by atoms with Crippen molar-refractivity contribution in [1.82, 2.24) is 9.88 Å². The lowest BCUT2D eigenvalue weighted by Crippen LogP contribution is -2.43. The third-order valence-corrected chi connectivity index (χ3v) is 5.45. The Morgan fingerprint density at radius 2 is 1.79 bits per heavy atom. The number of anilines is 2. The second kappa shape index (κ2) is 10.7. The Hall–Kier alpha value is -3.33. The van der Waals surface area contributed by atoms with Crippen LogP contribution in [0.4, 0.5) is 16.3 Å². The molecule has 0 saturated carbocycles. The van der Waals surface area contributed by atoms with Gasteiger partial charge >= 0.3 is 6.09 Å². The minimum atomic E-state index is -0.576. The maximum Gasteiger partial charge on any atom is 0.410 e. The maximum absolute atomic E-state index is 13.1. The summed E-state index contributed by atoms with van der Waals surface area (Å²) in [6.07, 6.45) is 2.01. The molecule has 0 bridgehead atoms. The molecule has 2 heterocycles. The lowest BCUT2D eigenvalue weighted by atomic mass is 9.95. The van der Waals surface area contributed by atoms with Gasteiger partial charge in [0, 0.05) is 25.2 Å². The number of methoxy groups -OCH3 is 1. The van der Waals surface area contributed by atoms with E-state index in [1.54, 1.807) is 35.2 Å². The highest BCUT2D eigenvalue weighted by atomic mass is 35.5. The molecule has 2 aromatic rings. The van der Waals surface area contributed by atoms with Gasteiger partial charge in [-0.2, -0.15) is 0 Å². The summed E-state index contributed by atoms with van der Waals surface area (Å²) in [7, 11) is 1.47. The van der Waals surface area contributed by atoms with Crippen molar-refractivity contribution in [2.75, 3.05) is 30.8 Å². The smallest absolute Gasteiger partial charge is 0.410 e. The van der Waals surface area contributed by atoms with Gasteiger partial charge in [-0.15, -0.1) is 0 Å². The zero-order chi connectivity index (χ0) is 24.9. The summed E-state index contributed by atoms with van der Waals surface area (Å²) in [5, 5.41) is 6.00. The van der Waals surface area contributed by atoms with E-state index in [9.17, 15) is 14.4 Å². The number of hydrogen-bond acceptors (Lipinski definition) is 6. The average molecular weight is 489 g/mol. The number of pyridine rings is 1. The number of aromatic nitrogens is 1. The molecule has 3 rings (SSSR count). The second-order valence-corrected chi connectivity index (χ2v) is 9.37. The Morgan fingerprint density at radius 3 is 2.38 bits per heavy atom. The highest BCUT2D eigenvalue weighted by molar-refractivity contribution is 6.30. The van der Waals surface area contributed by atoms with E-state index in [1.165, 1.54) is 13.3 Å². The van der Waals surface area contributed by atoms with Crippen LogP contribution < -0.4 is 15.4 Å². The van der Waals surface area contributed by atoms with E-state index < -0.39 is 11.5 Å². The van der Waals surface area contributed by atoms with Gasteiger partial charge in [0.25, 0.3) is 5.91 Å². The summed E-state index contributed by atoms with van der Waals surface area (Å²) in [6.45, 7) is 6.27. The van der Waals surface area contributed by atoms with Crippen molar-refractivity contribution in [3.05, 3.63) is 47.1 Å². The van der Waals surface area contributed by atoms with Crippen molar-refractivity contribution < 1.29 is 23.9 Å². The SMILES string of the molecule is COc1cccc(C(=O)Nc2ccc(Cl)cn2)c1NC(=O)C1CCN(C(=O)OC(C)(C)C)CC1. The van der Waals surface area contributed by atoms with Crippen LogP contribution in [0.25, 0.3) is 0 Å². The molecule has 3 amide bonds. The van der Waals surface area contributed by atoms with Crippen molar-refractivity contribution in [2.24, 2.45) is 5.92 Å². The fourth-order valence-corrected chi connectivity index (χ4v) is 3.64. The second-order valence-electron chi connectivity index (χ2n) is 8.93. The first-order valence-electron chi connectivity index (χ1n) is 11.0. The number of hydrogen-bond donors (Lipinski definition) is 2. The molecular weight excluding hydrogens is 460 g/mol. The summed E-state index contributed by atoms with van der Waals surface area (Å²) in [5.74, 6) is -0.339. The third-order valence-electron chi connectivity index (χ3n) is 5.23. The van der Waals surface area contributed by atoms with Crippen LogP contribution in [0.3, 0.4) is 0 Å². The van der Waals surface area contributed by atoms with Crippen molar-refractivity contribution >= 4 is 41.0 Å². The molecule has 0 unspecified atom stereocenters. The van der Waals surface area contributed by atoms with Gasteiger partial charge in [-0.1, -0.05) is 17.7 Å². The molecular formula is C24H29ClN4O5. The standard InChI is InChI=1S/C24H29ClN4O5/c1-24(2,3)34-23(32)29-12-10-15(11-13-29)21(30)28-20-17(6-5-7-18(20)33-4)22(31)27-19-9-8-16(25)14-26-19/h5-9,14-15H,10-13H2,1-4H3,(H,28,30)(H,26,27,31). The normalized spacial score (nSPS) is 14.3. The highest BCUT2D eigenvalue weighted by Gasteiger charge is 2.31. The Balaban J connectivity index is 1.69. The number of nitrogens with zero attached hydrogens (tertiary/aromatic N) is 2. The van der Waals surface area contributed by atoms with Gasteiger partial charge in [0.05, 0.1) is 23.4 Å². The van der Waals surface area contributed by atoms with Crippen LogP contribution in [-0.4, -0.2) is 53.6 Å². The lowest BCUT2D eigenvalue weighted by Gasteiger charge is -2.33. The largest absolute Gasteiger partial charge is 0.495 e. The molecule has 0 radical (unpaired) electrons. The Morgan fingerprint density at radius 1 is 1.09 bits per heavy atom. The number of ether oxygens (including phenoxy) is 2. The van der Waals surface area contributed by atoms with Crippen molar-refractivity contribution in [1.29, 1.82) is 0 Å². The van der Waals surface area contributed by atoms with Crippen molar-refractivity contribution in [3.8, 4) is 5.75 Å². The van der Waals surface area contributed by atoms with Crippen LogP contribution >= 0.6 is 11.6 Å². The number of carbonyl (C=O) groups is 3. The summed E-state index contributed by atoms with van der Waals surface area (Å²) in [6, 6.07) is 8.11. The van der Waals surface area contributed by atoms with E-state index in [0.717, 1.165) is 0 Å². The fraction of sp³-hybridized carbons (Fsp3) is 0.417. The topological polar surface area (TPSA) is 110 Å². The molecule has 1 aromatic heterocycles. The van der Waals surface area contributed by atoms with E-state index in [1.807, 2.05) is 20.8 Å². The van der Waals surface area contributed by atoms with E-state index >= 15 is 0 Å². The molecule has 0 atom stereocenters. The first-order valence-corrected chi connectivity index (χ1v) is 11.3. The number of nitrogens with one attached hydrogen (secondary N) is 2. The number of benzene rings is 1. The molecule has 0 spiro atoms. The van der Waals surface area contributed by atoms with Crippen LogP contribution in [0.15, 0.2) is 36.5 Å². The van der Waals surface area contributed by atoms with Gasteiger partial charge in [-0.25, -0.2) is 9.78 Å². The van der Waals surface area contributed by atoms with Crippen LogP contribution in [0.2, 0.25) is 5.02 Å². The van der Waals surface area contributed by atoms with Crippen LogP contribution in [0, 0.1) is 5.92 Å². The molecule has 0 aliphatic carbocycles. The average Bonchev–Trinajstić information content (AvgIpc) is 2.79. The van der Waals surface area contributed by atoms with E-state index in [-0.39, 0.29) is 29.2 Å². The van der Waals surface area contributed by atoms with Crippen molar-refractivity contribution in [2.45, 2.75) is 39.2 Å². The maximum atomic E-state index is 13.1. The van der Waals surface area contributed by atoms with Gasteiger partial charge < -0.3 is 25.0 Å². The zero-order valence-electron chi connectivity index (χ0n) is 19.7. The quantitative estimate of drug-likeness (QED) is 0.637. The first kappa shape index (κ1) is 25.3. The van der Waals surface area contributed by atoms with Gasteiger partial charge in [0.2, 0.25) is 5.91 Å². The summed E-state index contributed by atoms with van der Waals surface area (Å²) in [5.41, 5.74) is -0.0695. The van der Waals surface area contributed by atoms with Crippen molar-refractivity contribution in [3.63, 3.8) is 0 Å². The van der Waals surface area contributed by atoms with E-state index in [2.05, 4.69) is 15.6 Å². The highest BCUT2D eigenvalue weighted by Crippen LogP contribution is 2.31. The summed E-state index contributed by atoms with van der Waals surface area (Å²) < 4.78 is 10.8.